The Morgan fingerprint density at radius 1 is 1.24 bits per heavy atom. The molecule has 1 aliphatic rings. The van der Waals surface area contributed by atoms with E-state index in [1.165, 1.54) is 22.5 Å². The molecule has 0 bridgehead atoms. The number of benzene rings is 1. The van der Waals surface area contributed by atoms with Gasteiger partial charge in [-0.15, -0.1) is 0 Å². The third-order valence-corrected chi connectivity index (χ3v) is 5.40. The van der Waals surface area contributed by atoms with Gasteiger partial charge in [0.15, 0.2) is 0 Å². The van der Waals surface area contributed by atoms with Crippen LogP contribution < -0.4 is 10.2 Å². The minimum atomic E-state index is 0.190. The van der Waals surface area contributed by atoms with Crippen LogP contribution in [0.4, 0.5) is 5.69 Å². The van der Waals surface area contributed by atoms with Gasteiger partial charge >= 0.3 is 0 Å². The number of anilines is 1. The maximum atomic E-state index is 5.43. The van der Waals surface area contributed by atoms with Gasteiger partial charge in [0.25, 0.3) is 0 Å². The molecule has 1 aromatic carbocycles. The number of rotatable bonds is 6. The molecule has 1 N–H and O–H groups in total. The average molecular weight is 342 g/mol. The number of nitrogens with zero attached hydrogens (tertiary/aromatic N) is 3. The van der Waals surface area contributed by atoms with Crippen molar-refractivity contribution in [1.82, 2.24) is 15.1 Å². The van der Waals surface area contributed by atoms with E-state index in [-0.39, 0.29) is 6.04 Å². The zero-order valence-electron chi connectivity index (χ0n) is 15.8. The molecule has 0 aliphatic carbocycles. The van der Waals surface area contributed by atoms with Crippen molar-refractivity contribution in [3.05, 3.63) is 47.3 Å². The van der Waals surface area contributed by atoms with Gasteiger partial charge in [-0.2, -0.15) is 5.10 Å². The Hall–Kier alpha value is -1.85. The molecule has 1 aromatic heterocycles. The van der Waals surface area contributed by atoms with Gasteiger partial charge in [-0.25, -0.2) is 0 Å². The Bertz CT molecular complexity index is 689. The van der Waals surface area contributed by atoms with Crippen molar-refractivity contribution in [3.8, 4) is 0 Å². The van der Waals surface area contributed by atoms with E-state index >= 15 is 0 Å². The van der Waals surface area contributed by atoms with Gasteiger partial charge in [0.1, 0.15) is 0 Å². The molecule has 1 atom stereocenters. The molecule has 5 nitrogen and oxygen atoms in total. The van der Waals surface area contributed by atoms with Crippen molar-refractivity contribution in [1.29, 1.82) is 0 Å². The van der Waals surface area contributed by atoms with E-state index < -0.39 is 0 Å². The number of aromatic nitrogens is 2. The molecule has 0 spiro atoms. The lowest BCUT2D eigenvalue weighted by molar-refractivity contribution is 0.154. The van der Waals surface area contributed by atoms with E-state index in [0.29, 0.717) is 12.6 Å². The van der Waals surface area contributed by atoms with Crippen LogP contribution in [0.3, 0.4) is 0 Å². The van der Waals surface area contributed by atoms with E-state index in [1.807, 2.05) is 17.9 Å². The molecule has 0 amide bonds. The summed E-state index contributed by atoms with van der Waals surface area (Å²) in [6.45, 7) is 7.26. The highest BCUT2D eigenvalue weighted by Gasteiger charge is 2.24. The van der Waals surface area contributed by atoms with Crippen LogP contribution in [0.1, 0.15) is 35.7 Å². The second-order valence-electron chi connectivity index (χ2n) is 7.03. The summed E-state index contributed by atoms with van der Waals surface area (Å²) in [6, 6.07) is 9.38. The highest BCUT2D eigenvalue weighted by molar-refractivity contribution is 5.56. The maximum absolute atomic E-state index is 5.43. The second-order valence-corrected chi connectivity index (χ2v) is 7.03. The van der Waals surface area contributed by atoms with Gasteiger partial charge in [0.2, 0.25) is 0 Å². The number of hydrogen-bond acceptors (Lipinski definition) is 4. The van der Waals surface area contributed by atoms with Crippen LogP contribution in [-0.2, 0) is 11.8 Å². The van der Waals surface area contributed by atoms with E-state index in [0.717, 1.165) is 25.9 Å². The fraction of sp³-hybridized carbons (Fsp3) is 0.550. The predicted octanol–water partition coefficient (Wildman–Crippen LogP) is 2.98. The minimum absolute atomic E-state index is 0.190. The van der Waals surface area contributed by atoms with Gasteiger partial charge in [0, 0.05) is 45.2 Å². The lowest BCUT2D eigenvalue weighted by Crippen LogP contribution is -2.45. The van der Waals surface area contributed by atoms with Crippen LogP contribution in [-0.4, -0.2) is 42.6 Å². The molecule has 5 heteroatoms. The highest BCUT2D eigenvalue weighted by Crippen LogP contribution is 2.26. The van der Waals surface area contributed by atoms with Crippen LogP contribution in [0.5, 0.6) is 0 Å². The van der Waals surface area contributed by atoms with Crippen LogP contribution >= 0.6 is 0 Å². The lowest BCUT2D eigenvalue weighted by Gasteiger charge is -2.36. The van der Waals surface area contributed by atoms with Crippen molar-refractivity contribution < 1.29 is 4.74 Å². The molecule has 1 saturated heterocycles. The highest BCUT2D eigenvalue weighted by atomic mass is 16.5. The number of methoxy groups -OCH3 is 1. The van der Waals surface area contributed by atoms with Gasteiger partial charge in [-0.05, 0) is 49.9 Å². The number of piperidine rings is 1. The zero-order valence-corrected chi connectivity index (χ0v) is 15.8. The first kappa shape index (κ1) is 18.0. The molecular weight excluding hydrogens is 312 g/mol. The average Bonchev–Trinajstić information content (AvgIpc) is 3.04. The van der Waals surface area contributed by atoms with Crippen molar-refractivity contribution in [2.45, 2.75) is 38.8 Å². The van der Waals surface area contributed by atoms with Crippen LogP contribution in [0, 0.1) is 13.8 Å². The molecule has 0 radical (unpaired) electrons. The number of nitrogens with one attached hydrogen (secondary N) is 1. The van der Waals surface area contributed by atoms with Crippen molar-refractivity contribution in [2.24, 2.45) is 7.05 Å². The van der Waals surface area contributed by atoms with Crippen LogP contribution in [0.15, 0.2) is 30.5 Å². The molecule has 1 fully saturated rings. The normalized spacial score (nSPS) is 17.0. The van der Waals surface area contributed by atoms with Crippen LogP contribution in [0.25, 0.3) is 0 Å². The number of ether oxygens (including phenoxy) is 1. The molecule has 1 unspecified atom stereocenters. The van der Waals surface area contributed by atoms with Crippen LogP contribution in [0.2, 0.25) is 0 Å². The van der Waals surface area contributed by atoms with Crippen molar-refractivity contribution in [2.75, 3.05) is 31.7 Å². The van der Waals surface area contributed by atoms with Gasteiger partial charge in [-0.1, -0.05) is 12.1 Å². The smallest absolute Gasteiger partial charge is 0.0731 e. The second kappa shape index (κ2) is 8.02. The Morgan fingerprint density at radius 2 is 2.00 bits per heavy atom. The predicted molar refractivity (Wildman–Crippen MR) is 102 cm³/mol. The fourth-order valence-electron chi connectivity index (χ4n) is 3.76. The largest absolute Gasteiger partial charge is 0.383 e. The van der Waals surface area contributed by atoms with Gasteiger partial charge in [0.05, 0.1) is 18.3 Å². The quantitative estimate of drug-likeness (QED) is 0.876. The molecule has 136 valence electrons. The third kappa shape index (κ3) is 4.05. The molecular formula is C20H30N4O. The summed E-state index contributed by atoms with van der Waals surface area (Å²) in [5.41, 5.74) is 5.34. The summed E-state index contributed by atoms with van der Waals surface area (Å²) in [6.07, 6.45) is 4.14. The summed E-state index contributed by atoms with van der Waals surface area (Å²) in [7, 11) is 3.75. The summed E-state index contributed by atoms with van der Waals surface area (Å²) < 4.78 is 7.36. The van der Waals surface area contributed by atoms with Gasteiger partial charge in [-0.3, -0.25) is 4.68 Å². The Kier molecular flexibility index (Phi) is 5.76. The topological polar surface area (TPSA) is 42.3 Å². The monoisotopic (exact) mass is 342 g/mol. The standard InChI is InChI=1S/C20H30N4O/c1-15-6-5-7-19(16(15)2)24-12-9-17(10-13-24)22-18(14-25-4)20-8-11-21-23(20)3/h5-8,11,17-18,22H,9-10,12-14H2,1-4H3. The first-order chi connectivity index (χ1) is 12.1. The zero-order chi connectivity index (χ0) is 17.8. The maximum Gasteiger partial charge on any atom is 0.0731 e. The Labute approximate surface area is 151 Å². The van der Waals surface area contributed by atoms with Crippen molar-refractivity contribution >= 4 is 5.69 Å². The molecule has 1 aliphatic heterocycles. The Balaban J connectivity index is 1.62. The minimum Gasteiger partial charge on any atom is -0.383 e. The van der Waals surface area contributed by atoms with Crippen molar-refractivity contribution in [3.63, 3.8) is 0 Å². The van der Waals surface area contributed by atoms with E-state index in [2.05, 4.69) is 53.4 Å². The van der Waals surface area contributed by atoms with E-state index in [9.17, 15) is 0 Å². The molecule has 2 heterocycles. The first-order valence-electron chi connectivity index (χ1n) is 9.14. The summed E-state index contributed by atoms with van der Waals surface area (Å²) >= 11 is 0. The van der Waals surface area contributed by atoms with E-state index in [4.69, 9.17) is 4.74 Å². The number of hydrogen-bond donors (Lipinski definition) is 1. The number of aryl methyl sites for hydroxylation is 2. The lowest BCUT2D eigenvalue weighted by atomic mass is 10.0. The Morgan fingerprint density at radius 3 is 2.64 bits per heavy atom. The van der Waals surface area contributed by atoms with E-state index in [1.54, 1.807) is 7.11 Å². The first-order valence-corrected chi connectivity index (χ1v) is 9.14. The third-order valence-electron chi connectivity index (χ3n) is 5.40. The fourth-order valence-corrected chi connectivity index (χ4v) is 3.76. The summed E-state index contributed by atoms with van der Waals surface area (Å²) in [5, 5.41) is 8.08. The summed E-state index contributed by atoms with van der Waals surface area (Å²) in [4.78, 5) is 2.52. The summed E-state index contributed by atoms with van der Waals surface area (Å²) in [5.74, 6) is 0. The molecule has 3 rings (SSSR count). The SMILES string of the molecule is COCC(NC1CCN(c2cccc(C)c2C)CC1)c1ccnn1C. The molecule has 25 heavy (non-hydrogen) atoms. The molecule has 0 saturated carbocycles. The molecule has 2 aromatic rings. The van der Waals surface area contributed by atoms with Gasteiger partial charge < -0.3 is 15.0 Å².